The van der Waals surface area contributed by atoms with Gasteiger partial charge < -0.3 is 5.73 Å². The highest BCUT2D eigenvalue weighted by molar-refractivity contribution is 9.10. The molecule has 5 nitrogen and oxygen atoms in total. The molecule has 2 aromatic heterocycles. The molecule has 1 radical (unpaired) electrons. The zero-order chi connectivity index (χ0) is 13.4. The van der Waals surface area contributed by atoms with Gasteiger partial charge in [0.05, 0.1) is 11.1 Å². The second kappa shape index (κ2) is 4.47. The average molecular weight is 316 g/mol. The number of carbonyl (C=O) groups excluding carboxylic acids is 1. The van der Waals surface area contributed by atoms with Crippen molar-refractivity contribution in [3.05, 3.63) is 47.1 Å². The Kier molecular flexibility index (Phi) is 2.79. The molecule has 19 heavy (non-hydrogen) atoms. The van der Waals surface area contributed by atoms with Crippen LogP contribution < -0.4 is 5.73 Å². The normalized spacial score (nSPS) is 10.8. The Labute approximate surface area is 117 Å². The van der Waals surface area contributed by atoms with E-state index < -0.39 is 6.03 Å². The highest BCUT2D eigenvalue weighted by atomic mass is 79.9. The molecule has 2 N–H and O–H groups in total. The van der Waals surface area contributed by atoms with Crippen LogP contribution in [0.5, 0.6) is 0 Å². The van der Waals surface area contributed by atoms with Crippen LogP contribution in [0.3, 0.4) is 0 Å². The molecule has 0 spiro atoms. The van der Waals surface area contributed by atoms with E-state index in [-0.39, 0.29) is 0 Å². The Morgan fingerprint density at radius 3 is 2.74 bits per heavy atom. The van der Waals surface area contributed by atoms with Gasteiger partial charge in [0, 0.05) is 10.0 Å². The minimum atomic E-state index is -0.680. The lowest BCUT2D eigenvalue weighted by atomic mass is 10.1. The predicted molar refractivity (Wildman–Crippen MR) is 74.5 cm³/mol. The quantitative estimate of drug-likeness (QED) is 0.750. The minimum Gasteiger partial charge on any atom is -0.350 e. The number of hydrogen-bond acceptors (Lipinski definition) is 3. The molecule has 0 atom stereocenters. The molecule has 6 heteroatoms. The average Bonchev–Trinajstić information content (AvgIpc) is 2.81. The number of benzene rings is 1. The highest BCUT2D eigenvalue weighted by Crippen LogP contribution is 2.29. The van der Waals surface area contributed by atoms with Crippen LogP contribution in [0.4, 0.5) is 4.79 Å². The minimum absolute atomic E-state index is 0.398. The maximum Gasteiger partial charge on any atom is 0.341 e. The Bertz CT molecular complexity index is 767. The number of aromatic nitrogens is 3. The smallest absolute Gasteiger partial charge is 0.341 e. The summed E-state index contributed by atoms with van der Waals surface area (Å²) in [5.74, 6) is 0. The van der Waals surface area contributed by atoms with E-state index in [1.807, 2.05) is 36.4 Å². The lowest BCUT2D eigenvalue weighted by Gasteiger charge is -2.04. The van der Waals surface area contributed by atoms with Crippen molar-refractivity contribution in [3.8, 4) is 11.3 Å². The SMILES string of the molecule is NC(=O)n1n[c]c2cc(Br)c(-c3ccccc3)nc21. The topological polar surface area (TPSA) is 73.8 Å². The number of nitrogens with two attached hydrogens (primary N) is 1. The molecule has 1 aromatic carbocycles. The molecule has 3 aromatic rings. The second-order valence-corrected chi connectivity index (χ2v) is 4.77. The van der Waals surface area contributed by atoms with E-state index in [1.165, 1.54) is 0 Å². The molecule has 0 saturated carbocycles. The lowest BCUT2D eigenvalue weighted by Crippen LogP contribution is -2.21. The largest absolute Gasteiger partial charge is 0.350 e. The van der Waals surface area contributed by atoms with E-state index in [9.17, 15) is 4.79 Å². The summed E-state index contributed by atoms with van der Waals surface area (Å²) >= 11 is 3.46. The van der Waals surface area contributed by atoms with Gasteiger partial charge >= 0.3 is 6.03 Å². The Morgan fingerprint density at radius 1 is 1.32 bits per heavy atom. The van der Waals surface area contributed by atoms with Gasteiger partial charge in [-0.05, 0) is 22.0 Å². The first kappa shape index (κ1) is 11.9. The zero-order valence-electron chi connectivity index (χ0n) is 9.67. The molecule has 93 valence electrons. The van der Waals surface area contributed by atoms with Crippen LogP contribution in [0.25, 0.3) is 22.3 Å². The van der Waals surface area contributed by atoms with Crippen LogP contribution in [-0.2, 0) is 0 Å². The fourth-order valence-electron chi connectivity index (χ4n) is 1.83. The number of nitrogens with zero attached hydrogens (tertiary/aromatic N) is 3. The van der Waals surface area contributed by atoms with Crippen molar-refractivity contribution in [2.45, 2.75) is 0 Å². The third-order valence-electron chi connectivity index (χ3n) is 2.68. The Morgan fingerprint density at radius 2 is 2.05 bits per heavy atom. The van der Waals surface area contributed by atoms with E-state index >= 15 is 0 Å². The summed E-state index contributed by atoms with van der Waals surface area (Å²) in [5, 5.41) is 4.43. The van der Waals surface area contributed by atoms with Gasteiger partial charge in [-0.3, -0.25) is 0 Å². The van der Waals surface area contributed by atoms with Crippen LogP contribution in [0.1, 0.15) is 0 Å². The molecule has 3 rings (SSSR count). The fourth-order valence-corrected chi connectivity index (χ4v) is 2.37. The molecule has 0 saturated heterocycles. The molecule has 0 aliphatic rings. The molecule has 0 bridgehead atoms. The van der Waals surface area contributed by atoms with Crippen LogP contribution in [-0.4, -0.2) is 20.8 Å². The van der Waals surface area contributed by atoms with Crippen molar-refractivity contribution < 1.29 is 4.79 Å². The number of primary amides is 1. The van der Waals surface area contributed by atoms with Crippen LogP contribution in [0.15, 0.2) is 40.9 Å². The first-order chi connectivity index (χ1) is 9.16. The van der Waals surface area contributed by atoms with Crippen molar-refractivity contribution in [2.75, 3.05) is 0 Å². The van der Waals surface area contributed by atoms with Gasteiger partial charge in [-0.2, -0.15) is 9.78 Å². The van der Waals surface area contributed by atoms with Gasteiger partial charge in [-0.25, -0.2) is 9.78 Å². The number of hydrogen-bond donors (Lipinski definition) is 1. The monoisotopic (exact) mass is 315 g/mol. The van der Waals surface area contributed by atoms with Gasteiger partial charge in [0.15, 0.2) is 5.65 Å². The van der Waals surface area contributed by atoms with Crippen molar-refractivity contribution in [1.29, 1.82) is 0 Å². The summed E-state index contributed by atoms with van der Waals surface area (Å²) in [7, 11) is 0. The van der Waals surface area contributed by atoms with Crippen LogP contribution in [0, 0.1) is 6.20 Å². The third-order valence-corrected chi connectivity index (χ3v) is 3.29. The third kappa shape index (κ3) is 2.00. The summed E-state index contributed by atoms with van der Waals surface area (Å²) < 4.78 is 1.85. The van der Waals surface area contributed by atoms with Gasteiger partial charge in [0.25, 0.3) is 0 Å². The van der Waals surface area contributed by atoms with Crippen LogP contribution >= 0.6 is 15.9 Å². The maximum atomic E-state index is 11.3. The fraction of sp³-hybridized carbons (Fsp3) is 0. The number of halogens is 1. The van der Waals surface area contributed by atoms with Crippen molar-refractivity contribution in [3.63, 3.8) is 0 Å². The summed E-state index contributed by atoms with van der Waals surface area (Å²) in [6.07, 6.45) is 2.71. The van der Waals surface area contributed by atoms with Crippen molar-refractivity contribution in [1.82, 2.24) is 14.8 Å². The molecule has 2 heterocycles. The number of pyridine rings is 1. The van der Waals surface area contributed by atoms with Crippen molar-refractivity contribution >= 4 is 33.0 Å². The van der Waals surface area contributed by atoms with Gasteiger partial charge in [-0.15, -0.1) is 0 Å². The van der Waals surface area contributed by atoms with Gasteiger partial charge in [0.1, 0.15) is 6.20 Å². The molecule has 1 amide bonds. The first-order valence-electron chi connectivity index (χ1n) is 5.49. The molecular weight excluding hydrogens is 308 g/mol. The van der Waals surface area contributed by atoms with E-state index in [2.05, 4.69) is 32.2 Å². The number of rotatable bonds is 1. The van der Waals surface area contributed by atoms with Crippen LogP contribution in [0.2, 0.25) is 0 Å². The zero-order valence-corrected chi connectivity index (χ0v) is 11.3. The molecular formula is C13H8BrN4O. The molecule has 0 aliphatic heterocycles. The summed E-state index contributed by atoms with van der Waals surface area (Å²) in [6, 6.07) is 10.8. The maximum absolute atomic E-state index is 11.3. The Hall–Kier alpha value is -2.21. The van der Waals surface area contributed by atoms with E-state index in [1.54, 1.807) is 0 Å². The van der Waals surface area contributed by atoms with E-state index in [0.717, 1.165) is 20.4 Å². The highest BCUT2D eigenvalue weighted by Gasteiger charge is 2.13. The molecule has 0 fully saturated rings. The van der Waals surface area contributed by atoms with Crippen molar-refractivity contribution in [2.24, 2.45) is 5.73 Å². The predicted octanol–water partition coefficient (Wildman–Crippen LogP) is 2.59. The number of carbonyl (C=O) groups is 1. The molecule has 0 unspecified atom stereocenters. The van der Waals surface area contributed by atoms with E-state index in [4.69, 9.17) is 5.73 Å². The molecule has 0 aliphatic carbocycles. The summed E-state index contributed by atoms with van der Waals surface area (Å²) in [5.41, 5.74) is 7.30. The van der Waals surface area contributed by atoms with E-state index in [0.29, 0.717) is 11.0 Å². The number of fused-ring (bicyclic) bond motifs is 1. The lowest BCUT2D eigenvalue weighted by molar-refractivity contribution is 0.248. The number of amides is 1. The van der Waals surface area contributed by atoms with Gasteiger partial charge in [0.2, 0.25) is 0 Å². The first-order valence-corrected chi connectivity index (χ1v) is 6.28. The second-order valence-electron chi connectivity index (χ2n) is 3.92. The Balaban J connectivity index is 2.28. The van der Waals surface area contributed by atoms with Gasteiger partial charge in [-0.1, -0.05) is 30.3 Å². The summed E-state index contributed by atoms with van der Waals surface area (Å²) in [4.78, 5) is 15.7. The summed E-state index contributed by atoms with van der Waals surface area (Å²) in [6.45, 7) is 0. The standard InChI is InChI=1S/C13H8BrN4O/c14-10-6-9-7-16-18(13(15)19)12(9)17-11(10)8-4-2-1-3-5-8/h1-6H,(H2,15,19).